The Labute approximate surface area is 171 Å². The highest BCUT2D eigenvalue weighted by Crippen LogP contribution is 2.31. The third-order valence-electron chi connectivity index (χ3n) is 5.19. The number of carbonyl (C=O) groups excluding carboxylic acids is 1. The maximum atomic E-state index is 13.1. The van der Waals surface area contributed by atoms with E-state index in [-0.39, 0.29) is 24.4 Å². The first-order valence-corrected chi connectivity index (χ1v) is 9.57. The molecule has 6 nitrogen and oxygen atoms in total. The summed E-state index contributed by atoms with van der Waals surface area (Å²) in [7, 11) is 1.64. The van der Waals surface area contributed by atoms with Crippen molar-refractivity contribution in [1.82, 2.24) is 15.1 Å². The van der Waals surface area contributed by atoms with E-state index < -0.39 is 17.8 Å². The third-order valence-corrected chi connectivity index (χ3v) is 5.56. The van der Waals surface area contributed by atoms with Crippen molar-refractivity contribution in [2.24, 2.45) is 0 Å². The molecule has 0 aliphatic heterocycles. The quantitative estimate of drug-likeness (QED) is 0.694. The molecule has 3 N–H and O–H groups in total. The van der Waals surface area contributed by atoms with Crippen LogP contribution in [0.3, 0.4) is 0 Å². The van der Waals surface area contributed by atoms with Gasteiger partial charge in [-0.1, -0.05) is 11.6 Å². The number of alkyl halides is 3. The van der Waals surface area contributed by atoms with Gasteiger partial charge in [-0.2, -0.15) is 18.3 Å². The van der Waals surface area contributed by atoms with Crippen molar-refractivity contribution in [3.63, 3.8) is 0 Å². The second-order valence-corrected chi connectivity index (χ2v) is 7.52. The minimum atomic E-state index is -4.61. The maximum absolute atomic E-state index is 13.1. The van der Waals surface area contributed by atoms with E-state index in [1.165, 1.54) is 4.90 Å². The Hall–Kier alpha value is -2.26. The van der Waals surface area contributed by atoms with E-state index in [2.05, 4.69) is 5.10 Å². The van der Waals surface area contributed by atoms with Crippen molar-refractivity contribution in [1.29, 1.82) is 0 Å². The fraction of sp³-hybridized carbons (Fsp3) is 0.474. The molecule has 3 rings (SSSR count). The van der Waals surface area contributed by atoms with Crippen LogP contribution >= 0.6 is 11.6 Å². The summed E-state index contributed by atoms with van der Waals surface area (Å²) in [6.45, 7) is 0.124. The topological polar surface area (TPSA) is 84.2 Å². The van der Waals surface area contributed by atoms with Crippen molar-refractivity contribution in [3.8, 4) is 0 Å². The van der Waals surface area contributed by atoms with Gasteiger partial charge in [-0.3, -0.25) is 9.89 Å². The summed E-state index contributed by atoms with van der Waals surface area (Å²) in [6.07, 6.45) is -1.65. The SMILES string of the molecule is COC1CCC(N(Cc2cc(N)ccc2Cl)C(=O)c2cc(C(F)(F)F)[nH]n2)CC1. The van der Waals surface area contributed by atoms with E-state index in [1.54, 1.807) is 25.3 Å². The first-order chi connectivity index (χ1) is 13.7. The second-order valence-electron chi connectivity index (χ2n) is 7.11. The van der Waals surface area contributed by atoms with Gasteiger partial charge in [-0.15, -0.1) is 0 Å². The Morgan fingerprint density at radius 3 is 2.59 bits per heavy atom. The first-order valence-electron chi connectivity index (χ1n) is 9.19. The Balaban J connectivity index is 1.88. The number of nitrogens with two attached hydrogens (primary N) is 1. The van der Waals surface area contributed by atoms with Crippen LogP contribution in [0.4, 0.5) is 18.9 Å². The summed E-state index contributed by atoms with van der Waals surface area (Å²) >= 11 is 6.26. The lowest BCUT2D eigenvalue weighted by molar-refractivity contribution is -0.141. The fourth-order valence-corrected chi connectivity index (χ4v) is 3.76. The number of methoxy groups -OCH3 is 1. The van der Waals surface area contributed by atoms with E-state index >= 15 is 0 Å². The van der Waals surface area contributed by atoms with Crippen LogP contribution in [-0.4, -0.2) is 40.3 Å². The zero-order valence-electron chi connectivity index (χ0n) is 15.8. The van der Waals surface area contributed by atoms with Gasteiger partial charge in [-0.05, 0) is 49.4 Å². The number of amides is 1. The Kier molecular flexibility index (Phi) is 6.38. The van der Waals surface area contributed by atoms with Gasteiger partial charge in [0.2, 0.25) is 0 Å². The molecule has 29 heavy (non-hydrogen) atoms. The molecule has 10 heteroatoms. The van der Waals surface area contributed by atoms with Gasteiger partial charge < -0.3 is 15.4 Å². The normalized spacial score (nSPS) is 19.9. The highest BCUT2D eigenvalue weighted by Gasteiger charge is 2.36. The molecule has 1 amide bonds. The molecule has 2 aromatic rings. The Morgan fingerprint density at radius 1 is 1.31 bits per heavy atom. The molecule has 158 valence electrons. The number of nitrogen functional groups attached to an aromatic ring is 1. The number of hydrogen-bond donors (Lipinski definition) is 2. The lowest BCUT2D eigenvalue weighted by atomic mass is 9.91. The van der Waals surface area contributed by atoms with Crippen molar-refractivity contribution in [2.75, 3.05) is 12.8 Å². The molecule has 0 radical (unpaired) electrons. The predicted molar refractivity (Wildman–Crippen MR) is 102 cm³/mol. The monoisotopic (exact) mass is 430 g/mol. The number of anilines is 1. The highest BCUT2D eigenvalue weighted by atomic mass is 35.5. The third kappa shape index (κ3) is 5.02. The summed E-state index contributed by atoms with van der Waals surface area (Å²) in [5, 5.41) is 5.92. The van der Waals surface area contributed by atoms with Crippen LogP contribution in [0.25, 0.3) is 0 Å². The number of H-pyrrole nitrogens is 1. The second kappa shape index (κ2) is 8.62. The molecule has 0 saturated heterocycles. The maximum Gasteiger partial charge on any atom is 0.432 e. The Bertz CT molecular complexity index is 863. The lowest BCUT2D eigenvalue weighted by Gasteiger charge is -2.36. The van der Waals surface area contributed by atoms with E-state index in [0.29, 0.717) is 29.1 Å². The van der Waals surface area contributed by atoms with Gasteiger partial charge >= 0.3 is 6.18 Å². The van der Waals surface area contributed by atoms with Gasteiger partial charge in [0.25, 0.3) is 5.91 Å². The molecular formula is C19H22ClF3N4O2. The summed E-state index contributed by atoms with van der Waals surface area (Å²) in [6, 6.07) is 5.50. The first kappa shape index (κ1) is 21.4. The van der Waals surface area contributed by atoms with Crippen LogP contribution < -0.4 is 5.73 Å². The molecule has 0 spiro atoms. The zero-order chi connectivity index (χ0) is 21.2. The molecule has 1 saturated carbocycles. The van der Waals surface area contributed by atoms with Crippen LogP contribution in [0.2, 0.25) is 5.02 Å². The number of rotatable bonds is 5. The van der Waals surface area contributed by atoms with Crippen LogP contribution in [-0.2, 0) is 17.5 Å². The van der Waals surface area contributed by atoms with Crippen molar-refractivity contribution in [2.45, 2.75) is 50.6 Å². The number of nitrogens with zero attached hydrogens (tertiary/aromatic N) is 2. The standard InChI is InChI=1S/C19H22ClF3N4O2/c1-29-14-5-3-13(4-6-14)27(10-11-8-12(24)2-7-15(11)20)18(28)16-9-17(26-25-16)19(21,22)23/h2,7-9,13-14H,3-6,10,24H2,1H3,(H,25,26). The lowest BCUT2D eigenvalue weighted by Crippen LogP contribution is -2.43. The molecule has 1 fully saturated rings. The molecule has 1 heterocycles. The van der Waals surface area contributed by atoms with Crippen LogP contribution in [0, 0.1) is 0 Å². The minimum Gasteiger partial charge on any atom is -0.399 e. The molecule has 0 atom stereocenters. The Morgan fingerprint density at radius 2 is 2.00 bits per heavy atom. The number of nitrogens with one attached hydrogen (secondary N) is 1. The van der Waals surface area contributed by atoms with E-state index in [1.807, 2.05) is 5.10 Å². The van der Waals surface area contributed by atoms with E-state index in [0.717, 1.165) is 18.9 Å². The minimum absolute atomic E-state index is 0.112. The number of hydrogen-bond acceptors (Lipinski definition) is 4. The van der Waals surface area contributed by atoms with Crippen LogP contribution in [0.1, 0.15) is 47.4 Å². The molecule has 1 aromatic carbocycles. The van der Waals surface area contributed by atoms with Crippen molar-refractivity contribution >= 4 is 23.2 Å². The van der Waals surface area contributed by atoms with Gasteiger partial charge in [-0.25, -0.2) is 0 Å². The summed E-state index contributed by atoms with van der Waals surface area (Å²) in [4.78, 5) is 14.6. The molecule has 1 aromatic heterocycles. The molecule has 0 bridgehead atoms. The van der Waals surface area contributed by atoms with Crippen molar-refractivity contribution < 1.29 is 22.7 Å². The summed E-state index contributed by atoms with van der Waals surface area (Å²) in [5.41, 5.74) is 5.60. The van der Waals surface area contributed by atoms with Gasteiger partial charge in [0.1, 0.15) is 5.69 Å². The molecule has 1 aliphatic rings. The predicted octanol–water partition coefficient (Wildman–Crippen LogP) is 4.26. The van der Waals surface area contributed by atoms with Gasteiger partial charge in [0.05, 0.1) is 6.10 Å². The zero-order valence-corrected chi connectivity index (χ0v) is 16.6. The number of ether oxygens (including phenoxy) is 1. The van der Waals surface area contributed by atoms with E-state index in [9.17, 15) is 18.0 Å². The highest BCUT2D eigenvalue weighted by molar-refractivity contribution is 6.31. The van der Waals surface area contributed by atoms with E-state index in [4.69, 9.17) is 22.1 Å². The largest absolute Gasteiger partial charge is 0.432 e. The smallest absolute Gasteiger partial charge is 0.399 e. The number of aromatic nitrogens is 2. The van der Waals surface area contributed by atoms with Gasteiger partial charge in [0, 0.05) is 36.5 Å². The fourth-order valence-electron chi connectivity index (χ4n) is 3.58. The average molecular weight is 431 g/mol. The summed E-state index contributed by atoms with van der Waals surface area (Å²) < 4.78 is 44.1. The number of halogens is 4. The number of aromatic amines is 1. The number of benzene rings is 1. The molecule has 0 unspecified atom stereocenters. The average Bonchev–Trinajstić information content (AvgIpc) is 3.19. The number of carbonyl (C=O) groups is 1. The van der Waals surface area contributed by atoms with Gasteiger partial charge in [0.15, 0.2) is 5.69 Å². The molecule has 1 aliphatic carbocycles. The van der Waals surface area contributed by atoms with Crippen LogP contribution in [0.15, 0.2) is 24.3 Å². The van der Waals surface area contributed by atoms with Crippen molar-refractivity contribution in [3.05, 3.63) is 46.2 Å². The molecular weight excluding hydrogens is 409 g/mol. The van der Waals surface area contributed by atoms with Crippen LogP contribution in [0.5, 0.6) is 0 Å². The summed E-state index contributed by atoms with van der Waals surface area (Å²) in [5.74, 6) is -0.587.